The van der Waals surface area contributed by atoms with Crippen molar-refractivity contribution >= 4 is 23.6 Å². The van der Waals surface area contributed by atoms with Gasteiger partial charge >= 0.3 is 0 Å². The lowest BCUT2D eigenvalue weighted by Crippen LogP contribution is -2.46. The topological polar surface area (TPSA) is 61.4 Å². The van der Waals surface area contributed by atoms with Gasteiger partial charge < -0.3 is 10.2 Å². The Kier molecular flexibility index (Phi) is 4.78. The van der Waals surface area contributed by atoms with Crippen LogP contribution >= 0.6 is 11.8 Å². The monoisotopic (exact) mass is 365 g/mol. The molecule has 4 rings (SSSR count). The van der Waals surface area contributed by atoms with E-state index >= 15 is 0 Å². The Morgan fingerprint density at radius 1 is 1.28 bits per heavy atom. The van der Waals surface area contributed by atoms with Gasteiger partial charge in [0.05, 0.1) is 4.75 Å². The van der Waals surface area contributed by atoms with Crippen LogP contribution in [0.4, 0.5) is 0 Å². The number of likely N-dealkylation sites (tertiary alicyclic amines) is 1. The molecule has 2 aliphatic heterocycles. The Morgan fingerprint density at radius 3 is 2.64 bits per heavy atom. The number of hydrogen-bond donors (Lipinski definition) is 2. The van der Waals surface area contributed by atoms with E-state index in [1.165, 1.54) is 25.7 Å². The van der Waals surface area contributed by atoms with Crippen LogP contribution in [0.1, 0.15) is 58.8 Å². The highest BCUT2D eigenvalue weighted by atomic mass is 32.2. The van der Waals surface area contributed by atoms with Crippen molar-refractivity contribution in [1.29, 1.82) is 0 Å². The van der Waals surface area contributed by atoms with Crippen LogP contribution in [-0.2, 0) is 9.59 Å². The first-order valence-corrected chi connectivity index (χ1v) is 10.8. The molecule has 140 valence electrons. The lowest BCUT2D eigenvalue weighted by molar-refractivity contribution is -0.130. The van der Waals surface area contributed by atoms with E-state index in [0.29, 0.717) is 12.0 Å². The second-order valence-electron chi connectivity index (χ2n) is 8.80. The largest absolute Gasteiger partial charge is 0.343 e. The van der Waals surface area contributed by atoms with Crippen molar-refractivity contribution in [2.24, 2.45) is 17.8 Å². The standard InChI is InChI=1S/C19H31N3O2S/c1-12(23)22-7-5-13(6-8-22)11-19(2)17(24)21-18(25-19)20-16-10-14-3-4-15(16)9-14/h13-16,18,20H,3-11H2,1-2H3,(H,21,24)/t14?,15?,16-,18?,19?/m0/s1. The Labute approximate surface area is 155 Å². The summed E-state index contributed by atoms with van der Waals surface area (Å²) in [6.45, 7) is 5.44. The van der Waals surface area contributed by atoms with Gasteiger partial charge in [-0.25, -0.2) is 0 Å². The van der Waals surface area contributed by atoms with E-state index in [-0.39, 0.29) is 22.1 Å². The molecule has 2 saturated heterocycles. The molecule has 2 bridgehead atoms. The number of carbonyl (C=O) groups is 2. The molecular weight excluding hydrogens is 334 g/mol. The van der Waals surface area contributed by atoms with Crippen LogP contribution in [0, 0.1) is 17.8 Å². The summed E-state index contributed by atoms with van der Waals surface area (Å²) in [5.41, 5.74) is 0.0687. The SMILES string of the molecule is CC(=O)N1CCC(CC2(C)SC(N[C@H]3CC4CCC3C4)NC2=O)CC1. The molecule has 4 unspecified atom stereocenters. The summed E-state index contributed by atoms with van der Waals surface area (Å²) < 4.78 is -0.335. The fraction of sp³-hybridized carbons (Fsp3) is 0.895. The number of fused-ring (bicyclic) bond motifs is 2. The molecule has 2 saturated carbocycles. The van der Waals surface area contributed by atoms with Crippen LogP contribution in [0.3, 0.4) is 0 Å². The zero-order valence-electron chi connectivity index (χ0n) is 15.4. The third kappa shape index (κ3) is 3.57. The molecular formula is C19H31N3O2S. The van der Waals surface area contributed by atoms with Crippen LogP contribution < -0.4 is 10.6 Å². The first-order valence-electron chi connectivity index (χ1n) is 9.93. The van der Waals surface area contributed by atoms with E-state index in [2.05, 4.69) is 17.6 Å². The molecule has 0 aromatic carbocycles. The molecule has 2 N–H and O–H groups in total. The number of thioether (sulfide) groups is 1. The number of piperidine rings is 1. The van der Waals surface area contributed by atoms with Crippen molar-refractivity contribution in [2.45, 2.75) is 75.1 Å². The van der Waals surface area contributed by atoms with Crippen LogP contribution in [0.5, 0.6) is 0 Å². The lowest BCUT2D eigenvalue weighted by atomic mass is 9.87. The summed E-state index contributed by atoms with van der Waals surface area (Å²) in [6, 6.07) is 0.595. The molecule has 0 radical (unpaired) electrons. The van der Waals surface area contributed by atoms with Gasteiger partial charge in [0, 0.05) is 26.1 Å². The highest BCUT2D eigenvalue weighted by molar-refractivity contribution is 8.02. The lowest BCUT2D eigenvalue weighted by Gasteiger charge is -2.34. The Balaban J connectivity index is 1.29. The van der Waals surface area contributed by atoms with Gasteiger partial charge in [-0.2, -0.15) is 0 Å². The highest BCUT2D eigenvalue weighted by Gasteiger charge is 2.47. The van der Waals surface area contributed by atoms with Crippen molar-refractivity contribution in [3.05, 3.63) is 0 Å². The maximum absolute atomic E-state index is 12.6. The second-order valence-corrected chi connectivity index (χ2v) is 10.4. The predicted molar refractivity (Wildman–Crippen MR) is 99.9 cm³/mol. The number of amides is 2. The summed E-state index contributed by atoms with van der Waals surface area (Å²) in [4.78, 5) is 26.1. The summed E-state index contributed by atoms with van der Waals surface area (Å²) in [7, 11) is 0. The van der Waals surface area contributed by atoms with Crippen molar-refractivity contribution in [3.8, 4) is 0 Å². The van der Waals surface area contributed by atoms with Gasteiger partial charge in [0.2, 0.25) is 11.8 Å². The molecule has 0 spiro atoms. The van der Waals surface area contributed by atoms with Crippen LogP contribution in [0.25, 0.3) is 0 Å². The molecule has 0 aromatic rings. The number of nitrogens with one attached hydrogen (secondary N) is 2. The molecule has 0 aromatic heterocycles. The number of rotatable bonds is 4. The molecule has 25 heavy (non-hydrogen) atoms. The van der Waals surface area contributed by atoms with Gasteiger partial charge in [-0.15, -0.1) is 11.8 Å². The molecule has 5 nitrogen and oxygen atoms in total. The maximum Gasteiger partial charge on any atom is 0.237 e. The average molecular weight is 366 g/mol. The minimum atomic E-state index is -0.335. The zero-order valence-corrected chi connectivity index (χ0v) is 16.2. The molecule has 4 fully saturated rings. The minimum Gasteiger partial charge on any atom is -0.343 e. The van der Waals surface area contributed by atoms with E-state index in [9.17, 15) is 9.59 Å². The quantitative estimate of drug-likeness (QED) is 0.803. The summed E-state index contributed by atoms with van der Waals surface area (Å²) in [6.07, 6.45) is 8.40. The third-order valence-electron chi connectivity index (χ3n) is 6.96. The summed E-state index contributed by atoms with van der Waals surface area (Å²) in [5, 5.41) is 6.93. The normalized spacial score (nSPS) is 41.4. The number of carbonyl (C=O) groups excluding carboxylic acids is 2. The van der Waals surface area contributed by atoms with Gasteiger partial charge in [-0.3, -0.25) is 14.9 Å². The molecule has 2 aliphatic carbocycles. The Morgan fingerprint density at radius 2 is 2.04 bits per heavy atom. The Hall–Kier alpha value is -0.750. The summed E-state index contributed by atoms with van der Waals surface area (Å²) in [5.74, 6) is 2.65. The fourth-order valence-electron chi connectivity index (χ4n) is 5.48. The van der Waals surface area contributed by atoms with E-state index in [1.807, 2.05) is 4.90 Å². The molecule has 4 aliphatic rings. The molecule has 5 atom stereocenters. The molecule has 2 heterocycles. The molecule has 2 amide bonds. The van der Waals surface area contributed by atoms with Crippen molar-refractivity contribution in [3.63, 3.8) is 0 Å². The van der Waals surface area contributed by atoms with Crippen molar-refractivity contribution in [2.75, 3.05) is 13.1 Å². The number of hydrogen-bond acceptors (Lipinski definition) is 4. The Bertz CT molecular complexity index is 549. The smallest absolute Gasteiger partial charge is 0.237 e. The van der Waals surface area contributed by atoms with Gasteiger partial charge in [0.1, 0.15) is 5.50 Å². The zero-order chi connectivity index (χ0) is 17.6. The third-order valence-corrected chi connectivity index (χ3v) is 8.32. The van der Waals surface area contributed by atoms with Crippen molar-refractivity contribution < 1.29 is 9.59 Å². The second kappa shape index (κ2) is 6.76. The van der Waals surface area contributed by atoms with Crippen molar-refractivity contribution in [1.82, 2.24) is 15.5 Å². The first-order chi connectivity index (χ1) is 11.9. The highest BCUT2D eigenvalue weighted by Crippen LogP contribution is 2.46. The predicted octanol–water partition coefficient (Wildman–Crippen LogP) is 2.32. The van der Waals surface area contributed by atoms with E-state index in [4.69, 9.17) is 0 Å². The van der Waals surface area contributed by atoms with Crippen LogP contribution in [0.2, 0.25) is 0 Å². The average Bonchev–Trinajstić information content (AvgIpc) is 3.24. The molecule has 6 heteroatoms. The van der Waals surface area contributed by atoms with Gasteiger partial charge in [0.15, 0.2) is 0 Å². The number of nitrogens with zero attached hydrogens (tertiary/aromatic N) is 1. The maximum atomic E-state index is 12.6. The van der Waals surface area contributed by atoms with E-state index in [1.54, 1.807) is 18.7 Å². The van der Waals surface area contributed by atoms with Crippen LogP contribution in [-0.4, -0.2) is 46.1 Å². The minimum absolute atomic E-state index is 0.0687. The van der Waals surface area contributed by atoms with Gasteiger partial charge in [-0.1, -0.05) is 6.42 Å². The fourth-order valence-corrected chi connectivity index (χ4v) is 6.90. The van der Waals surface area contributed by atoms with E-state index in [0.717, 1.165) is 44.2 Å². The van der Waals surface area contributed by atoms with Gasteiger partial charge in [0.25, 0.3) is 0 Å². The van der Waals surface area contributed by atoms with Gasteiger partial charge in [-0.05, 0) is 63.2 Å². The summed E-state index contributed by atoms with van der Waals surface area (Å²) >= 11 is 1.78. The van der Waals surface area contributed by atoms with E-state index < -0.39 is 0 Å². The first kappa shape index (κ1) is 17.7. The van der Waals surface area contributed by atoms with Crippen LogP contribution in [0.15, 0.2) is 0 Å².